The first-order chi connectivity index (χ1) is 15.9. The number of nitrogens with zero attached hydrogens (tertiary/aromatic N) is 3. The van der Waals surface area contributed by atoms with Crippen LogP contribution < -0.4 is 20.7 Å². The number of carbonyl (C=O) groups excluding carboxylic acids is 2. The Morgan fingerprint density at radius 1 is 1.12 bits per heavy atom. The van der Waals surface area contributed by atoms with Gasteiger partial charge in [-0.25, -0.2) is 4.98 Å². The monoisotopic (exact) mass is 449 g/mol. The summed E-state index contributed by atoms with van der Waals surface area (Å²) >= 11 is 0. The zero-order valence-corrected chi connectivity index (χ0v) is 17.8. The van der Waals surface area contributed by atoms with Gasteiger partial charge in [-0.05, 0) is 43.2 Å². The molecule has 3 N–H and O–H groups in total. The van der Waals surface area contributed by atoms with Crippen LogP contribution in [-0.4, -0.2) is 41.4 Å². The second-order valence-corrected chi connectivity index (χ2v) is 7.80. The number of anilines is 2. The predicted molar refractivity (Wildman–Crippen MR) is 123 cm³/mol. The fraction of sp³-hybridized carbons (Fsp3) is 0.261. The van der Waals surface area contributed by atoms with Crippen molar-refractivity contribution in [2.45, 2.75) is 12.8 Å². The molecule has 0 radical (unpaired) electrons. The number of hydrogen-bond donors (Lipinski definition) is 2. The van der Waals surface area contributed by atoms with E-state index in [1.54, 1.807) is 6.07 Å². The van der Waals surface area contributed by atoms with Gasteiger partial charge in [0.25, 0.3) is 11.6 Å². The van der Waals surface area contributed by atoms with E-state index in [1.807, 2.05) is 24.3 Å². The van der Waals surface area contributed by atoms with Gasteiger partial charge in [-0.15, -0.1) is 0 Å². The van der Waals surface area contributed by atoms with Gasteiger partial charge in [0.2, 0.25) is 5.91 Å². The van der Waals surface area contributed by atoms with Crippen LogP contribution in [0.25, 0.3) is 10.9 Å². The van der Waals surface area contributed by atoms with Crippen LogP contribution in [0, 0.1) is 16.0 Å². The molecular weight excluding hydrogens is 426 g/mol. The van der Waals surface area contributed by atoms with Crippen LogP contribution in [0.15, 0.2) is 54.6 Å². The molecule has 1 saturated heterocycles. The lowest BCUT2D eigenvalue weighted by atomic mass is 9.96. The molecule has 3 aromatic rings. The van der Waals surface area contributed by atoms with Crippen molar-refractivity contribution in [1.29, 1.82) is 0 Å². The van der Waals surface area contributed by atoms with Crippen molar-refractivity contribution in [1.82, 2.24) is 4.98 Å². The average molecular weight is 449 g/mol. The molecule has 2 heterocycles. The standard InChI is InChI=1S/C23H23N5O5/c24-23(30)16-10-12-27(13-11-16)20-9-4-15-2-1-3-19(22(15)26-20)33-14-21(29)25-17-5-7-18(8-6-17)28(31)32/h1-9,16H,10-14H2,(H2,24,30)(H,25,29). The van der Waals surface area contributed by atoms with E-state index in [0.29, 0.717) is 42.9 Å². The maximum atomic E-state index is 12.3. The molecule has 10 nitrogen and oxygen atoms in total. The molecule has 0 unspecified atom stereocenters. The van der Waals surface area contributed by atoms with E-state index in [2.05, 4.69) is 10.2 Å². The van der Waals surface area contributed by atoms with Crippen molar-refractivity contribution in [3.05, 3.63) is 64.7 Å². The third-order valence-electron chi connectivity index (χ3n) is 5.61. The third kappa shape index (κ3) is 5.17. The van der Waals surface area contributed by atoms with Gasteiger partial charge in [0.1, 0.15) is 17.1 Å². The highest BCUT2D eigenvalue weighted by Crippen LogP contribution is 2.28. The second kappa shape index (κ2) is 9.51. The summed E-state index contributed by atoms with van der Waals surface area (Å²) in [5.41, 5.74) is 6.44. The van der Waals surface area contributed by atoms with Crippen LogP contribution in [0.1, 0.15) is 12.8 Å². The molecule has 4 rings (SSSR count). The lowest BCUT2D eigenvalue weighted by molar-refractivity contribution is -0.384. The number of ether oxygens (including phenoxy) is 1. The summed E-state index contributed by atoms with van der Waals surface area (Å²) in [6, 6.07) is 14.9. The van der Waals surface area contributed by atoms with Crippen molar-refractivity contribution < 1.29 is 19.2 Å². The number of carbonyl (C=O) groups is 2. The van der Waals surface area contributed by atoms with Crippen molar-refractivity contribution in [2.24, 2.45) is 11.7 Å². The van der Waals surface area contributed by atoms with Gasteiger partial charge in [0.05, 0.1) is 4.92 Å². The Morgan fingerprint density at radius 3 is 2.52 bits per heavy atom. The Hall–Kier alpha value is -4.21. The highest BCUT2D eigenvalue weighted by atomic mass is 16.6. The lowest BCUT2D eigenvalue weighted by Crippen LogP contribution is -2.38. The molecule has 170 valence electrons. The number of para-hydroxylation sites is 1. The SMILES string of the molecule is NC(=O)C1CCN(c2ccc3cccc(OCC(=O)Nc4ccc([N+](=O)[O-])cc4)c3n2)CC1. The number of pyridine rings is 1. The van der Waals surface area contributed by atoms with E-state index in [9.17, 15) is 19.7 Å². The first-order valence-corrected chi connectivity index (χ1v) is 10.5. The molecule has 2 amide bonds. The molecule has 0 saturated carbocycles. The summed E-state index contributed by atoms with van der Waals surface area (Å²) in [4.78, 5) is 40.8. The molecule has 1 fully saturated rings. The molecule has 0 atom stereocenters. The Labute approximate surface area is 189 Å². The second-order valence-electron chi connectivity index (χ2n) is 7.80. The number of nitro benzene ring substituents is 1. The van der Waals surface area contributed by atoms with Crippen LogP contribution in [0.5, 0.6) is 5.75 Å². The highest BCUT2D eigenvalue weighted by molar-refractivity contribution is 5.92. The third-order valence-corrected chi connectivity index (χ3v) is 5.61. The Morgan fingerprint density at radius 2 is 1.85 bits per heavy atom. The predicted octanol–water partition coefficient (Wildman–Crippen LogP) is 2.86. The number of fused-ring (bicyclic) bond motifs is 1. The number of hydrogen-bond acceptors (Lipinski definition) is 7. The van der Waals surface area contributed by atoms with E-state index in [0.717, 1.165) is 11.2 Å². The Kier molecular flexibility index (Phi) is 6.34. The summed E-state index contributed by atoms with van der Waals surface area (Å²) in [5, 5.41) is 14.3. The molecule has 10 heteroatoms. The average Bonchev–Trinajstić information content (AvgIpc) is 2.82. The number of amides is 2. The van der Waals surface area contributed by atoms with Crippen molar-refractivity contribution in [3.63, 3.8) is 0 Å². The summed E-state index contributed by atoms with van der Waals surface area (Å²) in [5.74, 6) is 0.487. The van der Waals surface area contributed by atoms with Gasteiger partial charge in [0.15, 0.2) is 6.61 Å². The number of nitro groups is 1. The molecule has 0 bridgehead atoms. The Bertz CT molecular complexity index is 1190. The zero-order chi connectivity index (χ0) is 23.4. The number of nitrogens with one attached hydrogen (secondary N) is 1. The van der Waals surface area contributed by atoms with Crippen LogP contribution >= 0.6 is 0 Å². The summed E-state index contributed by atoms with van der Waals surface area (Å²) in [6.45, 7) is 1.13. The first-order valence-electron chi connectivity index (χ1n) is 10.5. The Balaban J connectivity index is 1.43. The number of piperidine rings is 1. The first kappa shape index (κ1) is 22.0. The summed E-state index contributed by atoms with van der Waals surface area (Å²) in [6.07, 6.45) is 1.38. The normalized spacial score (nSPS) is 14.1. The molecule has 0 spiro atoms. The summed E-state index contributed by atoms with van der Waals surface area (Å²) < 4.78 is 5.74. The van der Waals surface area contributed by atoms with Crippen LogP contribution in [0.2, 0.25) is 0 Å². The maximum absolute atomic E-state index is 12.3. The lowest BCUT2D eigenvalue weighted by Gasteiger charge is -2.31. The quantitative estimate of drug-likeness (QED) is 0.417. The number of rotatable bonds is 7. The largest absolute Gasteiger partial charge is 0.481 e. The molecule has 2 aromatic carbocycles. The van der Waals surface area contributed by atoms with Gasteiger partial charge in [-0.1, -0.05) is 12.1 Å². The molecule has 1 aromatic heterocycles. The van der Waals surface area contributed by atoms with E-state index in [-0.39, 0.29) is 24.1 Å². The van der Waals surface area contributed by atoms with E-state index in [4.69, 9.17) is 15.5 Å². The summed E-state index contributed by atoms with van der Waals surface area (Å²) in [7, 11) is 0. The number of primary amides is 1. The molecule has 1 aliphatic heterocycles. The number of non-ortho nitro benzene ring substituents is 1. The van der Waals surface area contributed by atoms with Crippen LogP contribution in [0.4, 0.5) is 17.2 Å². The smallest absolute Gasteiger partial charge is 0.269 e. The van der Waals surface area contributed by atoms with Crippen LogP contribution in [-0.2, 0) is 9.59 Å². The molecular formula is C23H23N5O5. The van der Waals surface area contributed by atoms with Crippen molar-refractivity contribution >= 4 is 39.9 Å². The number of benzene rings is 2. The van der Waals surface area contributed by atoms with Gasteiger partial charge < -0.3 is 20.7 Å². The minimum atomic E-state index is -0.504. The van der Waals surface area contributed by atoms with Gasteiger partial charge in [0, 0.05) is 42.2 Å². The molecule has 33 heavy (non-hydrogen) atoms. The van der Waals surface area contributed by atoms with Gasteiger partial charge >= 0.3 is 0 Å². The molecule has 1 aliphatic rings. The van der Waals surface area contributed by atoms with Crippen LogP contribution in [0.3, 0.4) is 0 Å². The fourth-order valence-electron chi connectivity index (χ4n) is 3.80. The van der Waals surface area contributed by atoms with E-state index in [1.165, 1.54) is 24.3 Å². The zero-order valence-electron chi connectivity index (χ0n) is 17.8. The van der Waals surface area contributed by atoms with Crippen molar-refractivity contribution in [3.8, 4) is 5.75 Å². The van der Waals surface area contributed by atoms with Gasteiger partial charge in [-0.3, -0.25) is 19.7 Å². The molecule has 0 aliphatic carbocycles. The number of nitrogens with two attached hydrogens (primary N) is 1. The highest BCUT2D eigenvalue weighted by Gasteiger charge is 2.24. The minimum Gasteiger partial charge on any atom is -0.481 e. The maximum Gasteiger partial charge on any atom is 0.269 e. The fourth-order valence-corrected chi connectivity index (χ4v) is 3.80. The van der Waals surface area contributed by atoms with Gasteiger partial charge in [-0.2, -0.15) is 0 Å². The van der Waals surface area contributed by atoms with E-state index >= 15 is 0 Å². The minimum absolute atomic E-state index is 0.0549. The number of aromatic nitrogens is 1. The topological polar surface area (TPSA) is 141 Å². The van der Waals surface area contributed by atoms with E-state index < -0.39 is 10.8 Å². The van der Waals surface area contributed by atoms with Crippen molar-refractivity contribution in [2.75, 3.05) is 29.9 Å².